The number of hydrogen-bond donors (Lipinski definition) is 1. The molecule has 0 aliphatic carbocycles. The Hall–Kier alpha value is -2.57. The van der Waals surface area contributed by atoms with Crippen molar-refractivity contribution in [2.24, 2.45) is 0 Å². The van der Waals surface area contributed by atoms with Gasteiger partial charge in [-0.3, -0.25) is 5.32 Å². The van der Waals surface area contributed by atoms with Crippen molar-refractivity contribution in [3.63, 3.8) is 0 Å². The maximum absolute atomic E-state index is 11.9. The molecule has 0 aliphatic rings. The Balaban J connectivity index is 1.73. The summed E-state index contributed by atoms with van der Waals surface area (Å²) in [7, 11) is 1.56. The van der Waals surface area contributed by atoms with Crippen LogP contribution in [0.2, 0.25) is 0 Å². The van der Waals surface area contributed by atoms with Crippen molar-refractivity contribution in [2.45, 2.75) is 11.5 Å². The highest BCUT2D eigenvalue weighted by molar-refractivity contribution is 8.13. The topological polar surface area (TPSA) is 72.5 Å². The molecule has 0 saturated heterocycles. The predicted molar refractivity (Wildman–Crippen MR) is 97.2 cm³/mol. The number of nitrogens with one attached hydrogen (secondary N) is 1. The van der Waals surface area contributed by atoms with Crippen LogP contribution in [0.25, 0.3) is 10.8 Å². The van der Waals surface area contributed by atoms with Gasteiger partial charge < -0.3 is 4.74 Å². The van der Waals surface area contributed by atoms with E-state index < -0.39 is 15.1 Å². The van der Waals surface area contributed by atoms with Crippen molar-refractivity contribution >= 4 is 42.3 Å². The van der Waals surface area contributed by atoms with Crippen molar-refractivity contribution in [3.05, 3.63) is 72.3 Å². The van der Waals surface area contributed by atoms with Crippen LogP contribution in [-0.4, -0.2) is 14.5 Å². The molecular weight excluding hydrogens is 362 g/mol. The molecule has 1 amide bonds. The normalized spacial score (nSPS) is 11.2. The van der Waals surface area contributed by atoms with Gasteiger partial charge >= 0.3 is 6.09 Å². The standard InChI is InChI=1S/C18H14ClNO4S/c19-25(22,23)17-9-7-14-6-8-16(10-15(14)11-17)20-18(21)24-12-13-4-2-1-3-5-13/h1-11H,12H2,(H,20,21). The molecule has 0 aliphatic heterocycles. The number of carbonyl (C=O) groups excluding carboxylic acids is 1. The number of hydrogen-bond acceptors (Lipinski definition) is 4. The molecule has 1 N–H and O–H groups in total. The van der Waals surface area contributed by atoms with Crippen molar-refractivity contribution < 1.29 is 17.9 Å². The summed E-state index contributed by atoms with van der Waals surface area (Å²) in [4.78, 5) is 11.9. The minimum absolute atomic E-state index is 0.00507. The first-order chi connectivity index (χ1) is 11.9. The maximum Gasteiger partial charge on any atom is 0.411 e. The second-order valence-electron chi connectivity index (χ2n) is 5.35. The highest BCUT2D eigenvalue weighted by atomic mass is 35.7. The lowest BCUT2D eigenvalue weighted by Gasteiger charge is -2.08. The molecule has 0 saturated carbocycles. The van der Waals surface area contributed by atoms with Crippen LogP contribution in [0.3, 0.4) is 0 Å². The van der Waals surface area contributed by atoms with Gasteiger partial charge in [0.25, 0.3) is 9.05 Å². The molecule has 0 bridgehead atoms. The SMILES string of the molecule is O=C(Nc1ccc2ccc(S(=O)(=O)Cl)cc2c1)OCc1ccccc1. The van der Waals surface area contributed by atoms with Crippen LogP contribution in [0, 0.1) is 0 Å². The summed E-state index contributed by atoms with van der Waals surface area (Å²) in [6.45, 7) is 0.162. The Morgan fingerprint density at radius 1 is 0.960 bits per heavy atom. The Kier molecular flexibility index (Phi) is 4.92. The fourth-order valence-corrected chi connectivity index (χ4v) is 3.12. The molecule has 0 heterocycles. The van der Waals surface area contributed by atoms with E-state index in [9.17, 15) is 13.2 Å². The minimum atomic E-state index is -3.81. The van der Waals surface area contributed by atoms with Gasteiger partial charge in [-0.15, -0.1) is 0 Å². The van der Waals surface area contributed by atoms with Gasteiger partial charge in [0.05, 0.1) is 4.90 Å². The first kappa shape index (κ1) is 17.3. The fourth-order valence-electron chi connectivity index (χ4n) is 2.33. The lowest BCUT2D eigenvalue weighted by Crippen LogP contribution is -2.13. The number of benzene rings is 3. The van der Waals surface area contributed by atoms with Crippen molar-refractivity contribution in [3.8, 4) is 0 Å². The van der Waals surface area contributed by atoms with E-state index in [1.54, 1.807) is 24.3 Å². The Bertz CT molecular complexity index is 1020. The van der Waals surface area contributed by atoms with Gasteiger partial charge in [-0.2, -0.15) is 0 Å². The zero-order valence-electron chi connectivity index (χ0n) is 13.0. The Morgan fingerprint density at radius 2 is 1.68 bits per heavy atom. The van der Waals surface area contributed by atoms with Crippen LogP contribution < -0.4 is 5.32 Å². The summed E-state index contributed by atoms with van der Waals surface area (Å²) < 4.78 is 28.0. The van der Waals surface area contributed by atoms with E-state index in [4.69, 9.17) is 15.4 Å². The van der Waals surface area contributed by atoms with Crippen molar-refractivity contribution in [1.82, 2.24) is 0 Å². The largest absolute Gasteiger partial charge is 0.444 e. The average molecular weight is 376 g/mol. The molecule has 3 aromatic carbocycles. The van der Waals surface area contributed by atoms with Gasteiger partial charge in [-0.25, -0.2) is 13.2 Å². The molecule has 3 rings (SSSR count). The highest BCUT2D eigenvalue weighted by Crippen LogP contribution is 2.24. The van der Waals surface area contributed by atoms with Gasteiger partial charge in [0.15, 0.2) is 0 Å². The summed E-state index contributed by atoms with van der Waals surface area (Å²) >= 11 is 0. The van der Waals surface area contributed by atoms with E-state index in [0.717, 1.165) is 10.9 Å². The zero-order chi connectivity index (χ0) is 17.9. The summed E-state index contributed by atoms with van der Waals surface area (Å²) in [5, 5.41) is 4.09. The monoisotopic (exact) mass is 375 g/mol. The van der Waals surface area contributed by atoms with Gasteiger partial charge in [0, 0.05) is 16.4 Å². The van der Waals surface area contributed by atoms with Crippen LogP contribution in [0.15, 0.2) is 71.6 Å². The van der Waals surface area contributed by atoms with E-state index in [2.05, 4.69) is 5.32 Å². The first-order valence-corrected chi connectivity index (χ1v) is 9.69. The van der Waals surface area contributed by atoms with E-state index in [1.807, 2.05) is 30.3 Å². The van der Waals surface area contributed by atoms with E-state index in [0.29, 0.717) is 11.1 Å². The summed E-state index contributed by atoms with van der Waals surface area (Å²) in [6.07, 6.45) is -0.593. The zero-order valence-corrected chi connectivity index (χ0v) is 14.5. The molecule has 0 aromatic heterocycles. The number of fused-ring (bicyclic) bond motifs is 1. The van der Waals surface area contributed by atoms with Crippen molar-refractivity contribution in [2.75, 3.05) is 5.32 Å². The van der Waals surface area contributed by atoms with Gasteiger partial charge in [0.1, 0.15) is 6.61 Å². The maximum atomic E-state index is 11.9. The molecule has 5 nitrogen and oxygen atoms in total. The minimum Gasteiger partial charge on any atom is -0.444 e. The third kappa shape index (κ3) is 4.49. The summed E-state index contributed by atoms with van der Waals surface area (Å²) in [5.74, 6) is 0. The van der Waals surface area contributed by atoms with Crippen LogP contribution in [0.5, 0.6) is 0 Å². The molecule has 0 fully saturated rings. The van der Waals surface area contributed by atoms with E-state index in [-0.39, 0.29) is 11.5 Å². The Morgan fingerprint density at radius 3 is 2.40 bits per heavy atom. The number of rotatable bonds is 4. The molecule has 3 aromatic rings. The molecule has 0 radical (unpaired) electrons. The number of ether oxygens (including phenoxy) is 1. The lowest BCUT2D eigenvalue weighted by molar-refractivity contribution is 0.155. The van der Waals surface area contributed by atoms with Crippen LogP contribution in [0.4, 0.5) is 10.5 Å². The summed E-state index contributed by atoms with van der Waals surface area (Å²) in [6, 6.07) is 19.0. The fraction of sp³-hybridized carbons (Fsp3) is 0.0556. The smallest absolute Gasteiger partial charge is 0.411 e. The third-order valence-electron chi connectivity index (χ3n) is 3.55. The molecule has 0 unspecified atom stereocenters. The third-order valence-corrected chi connectivity index (χ3v) is 4.90. The van der Waals surface area contributed by atoms with Crippen molar-refractivity contribution in [1.29, 1.82) is 0 Å². The predicted octanol–water partition coefficient (Wildman–Crippen LogP) is 4.52. The summed E-state index contributed by atoms with van der Waals surface area (Å²) in [5.41, 5.74) is 1.38. The van der Waals surface area contributed by atoms with E-state index in [1.165, 1.54) is 12.1 Å². The highest BCUT2D eigenvalue weighted by Gasteiger charge is 2.11. The molecule has 0 spiro atoms. The first-order valence-electron chi connectivity index (χ1n) is 7.38. The number of halogens is 1. The molecule has 0 atom stereocenters. The second kappa shape index (κ2) is 7.13. The molecule has 128 valence electrons. The van der Waals surface area contributed by atoms with Gasteiger partial charge in [-0.1, -0.05) is 42.5 Å². The average Bonchev–Trinajstić information content (AvgIpc) is 2.59. The quantitative estimate of drug-likeness (QED) is 0.680. The van der Waals surface area contributed by atoms with Crippen LogP contribution in [-0.2, 0) is 20.4 Å². The van der Waals surface area contributed by atoms with Crippen LogP contribution in [0.1, 0.15) is 5.56 Å². The van der Waals surface area contributed by atoms with Gasteiger partial charge in [0.2, 0.25) is 0 Å². The molecular formula is C18H14ClNO4S. The lowest BCUT2D eigenvalue weighted by atomic mass is 10.1. The van der Waals surface area contributed by atoms with Crippen LogP contribution >= 0.6 is 10.7 Å². The van der Waals surface area contributed by atoms with Gasteiger partial charge in [-0.05, 0) is 40.6 Å². The number of anilines is 1. The molecule has 25 heavy (non-hydrogen) atoms. The Labute approximate surface area is 149 Å². The number of carbonyl (C=O) groups is 1. The number of amides is 1. The van der Waals surface area contributed by atoms with E-state index >= 15 is 0 Å². The second-order valence-corrected chi connectivity index (χ2v) is 7.91. The molecule has 7 heteroatoms.